The number of thiophene rings is 1. The molecular weight excluding hydrogens is 448 g/mol. The van der Waals surface area contributed by atoms with Crippen molar-refractivity contribution >= 4 is 39.1 Å². The molecule has 0 radical (unpaired) electrons. The minimum Gasteiger partial charge on any atom is -0.347 e. The third kappa shape index (κ3) is 4.70. The Bertz CT molecular complexity index is 1080. The lowest BCUT2D eigenvalue weighted by Gasteiger charge is -2.37. The van der Waals surface area contributed by atoms with Gasteiger partial charge in [0.25, 0.3) is 5.91 Å². The zero-order valence-corrected chi connectivity index (χ0v) is 21.5. The molecule has 1 saturated heterocycles. The van der Waals surface area contributed by atoms with Crippen molar-refractivity contribution in [3.63, 3.8) is 0 Å². The average molecular weight is 485 g/mol. The fourth-order valence-corrected chi connectivity index (χ4v) is 6.27. The van der Waals surface area contributed by atoms with Crippen LogP contribution in [0, 0.1) is 11.3 Å². The number of hydrogen-bond acceptors (Lipinski definition) is 5. The number of likely N-dealkylation sites (N-methyl/N-ethyl adjacent to an activating group) is 1. The molecule has 2 aliphatic rings. The smallest absolute Gasteiger partial charge is 0.253 e. The van der Waals surface area contributed by atoms with E-state index in [1.807, 2.05) is 55.3 Å². The maximum Gasteiger partial charge on any atom is 0.253 e. The Morgan fingerprint density at radius 2 is 1.85 bits per heavy atom. The summed E-state index contributed by atoms with van der Waals surface area (Å²) < 4.78 is 1.09. The molecule has 8 heteroatoms. The van der Waals surface area contributed by atoms with Gasteiger partial charge in [0, 0.05) is 28.1 Å². The number of carbonyl (C=O) groups is 3. The van der Waals surface area contributed by atoms with Crippen molar-refractivity contribution in [1.82, 2.24) is 20.9 Å². The van der Waals surface area contributed by atoms with Crippen LogP contribution in [0.1, 0.15) is 57.3 Å². The van der Waals surface area contributed by atoms with Gasteiger partial charge in [0.2, 0.25) is 11.8 Å². The van der Waals surface area contributed by atoms with Crippen LogP contribution in [0.2, 0.25) is 0 Å². The summed E-state index contributed by atoms with van der Waals surface area (Å²) in [5.41, 5.74) is 0.256. The summed E-state index contributed by atoms with van der Waals surface area (Å²) in [7, 11) is 1.73. The second kappa shape index (κ2) is 9.66. The number of benzene rings is 1. The van der Waals surface area contributed by atoms with Crippen LogP contribution in [0.25, 0.3) is 10.1 Å². The van der Waals surface area contributed by atoms with Crippen LogP contribution < -0.4 is 16.0 Å². The van der Waals surface area contributed by atoms with Gasteiger partial charge in [-0.3, -0.25) is 14.4 Å². The summed E-state index contributed by atoms with van der Waals surface area (Å²) in [4.78, 5) is 41.6. The van der Waals surface area contributed by atoms with Gasteiger partial charge in [-0.1, -0.05) is 39.0 Å². The predicted molar refractivity (Wildman–Crippen MR) is 136 cm³/mol. The predicted octanol–water partition coefficient (Wildman–Crippen LogP) is 3.15. The molecule has 2 heterocycles. The molecule has 34 heavy (non-hydrogen) atoms. The Morgan fingerprint density at radius 1 is 1.12 bits per heavy atom. The van der Waals surface area contributed by atoms with E-state index in [0.717, 1.165) is 29.3 Å². The van der Waals surface area contributed by atoms with Crippen LogP contribution in [0.5, 0.6) is 0 Å². The van der Waals surface area contributed by atoms with Gasteiger partial charge in [-0.2, -0.15) is 0 Å². The van der Waals surface area contributed by atoms with Gasteiger partial charge in [0.15, 0.2) is 0 Å². The zero-order valence-electron chi connectivity index (χ0n) is 20.7. The number of carbonyl (C=O) groups excluding carboxylic acids is 3. The monoisotopic (exact) mass is 484 g/mol. The maximum absolute atomic E-state index is 13.8. The third-order valence-electron chi connectivity index (χ3n) is 7.40. The van der Waals surface area contributed by atoms with E-state index in [9.17, 15) is 14.4 Å². The minimum absolute atomic E-state index is 0.0372. The second-order valence-corrected chi connectivity index (χ2v) is 11.6. The highest BCUT2D eigenvalue weighted by atomic mass is 32.1. The highest BCUT2D eigenvalue weighted by molar-refractivity contribution is 7.17. The molecule has 2 aromatic rings. The molecule has 3 amide bonds. The molecular formula is C26H36N4O3S. The SMILES string of the molecule is CN[C@@H](C)C(=O)N[C@H](C(=O)N1CCC2CCC(NC(=O)c3csc4ccccc34)C21)C(C)(C)C. The molecule has 1 aliphatic heterocycles. The van der Waals surface area contributed by atoms with Crippen molar-refractivity contribution < 1.29 is 14.4 Å². The first-order valence-corrected chi connectivity index (χ1v) is 13.0. The van der Waals surface area contributed by atoms with Crippen LogP contribution in [0.4, 0.5) is 0 Å². The highest BCUT2D eigenvalue weighted by Gasteiger charge is 2.49. The Balaban J connectivity index is 1.52. The fourth-order valence-electron chi connectivity index (χ4n) is 5.33. The average Bonchev–Trinajstić information content (AvgIpc) is 3.51. The van der Waals surface area contributed by atoms with E-state index in [-0.39, 0.29) is 35.8 Å². The van der Waals surface area contributed by atoms with Crippen molar-refractivity contribution in [2.75, 3.05) is 13.6 Å². The van der Waals surface area contributed by atoms with Crippen molar-refractivity contribution in [2.24, 2.45) is 11.3 Å². The highest BCUT2D eigenvalue weighted by Crippen LogP contribution is 2.39. The van der Waals surface area contributed by atoms with Gasteiger partial charge >= 0.3 is 0 Å². The molecule has 2 fully saturated rings. The number of likely N-dealkylation sites (tertiary alicyclic amines) is 1. The van der Waals surface area contributed by atoms with Crippen LogP contribution in [0.15, 0.2) is 29.6 Å². The van der Waals surface area contributed by atoms with Crippen molar-refractivity contribution in [2.45, 2.75) is 71.1 Å². The van der Waals surface area contributed by atoms with Gasteiger partial charge < -0.3 is 20.9 Å². The molecule has 1 aromatic carbocycles. The molecule has 0 bridgehead atoms. The molecule has 5 atom stereocenters. The Hall–Kier alpha value is -2.45. The molecule has 3 unspecified atom stereocenters. The molecule has 0 spiro atoms. The lowest BCUT2D eigenvalue weighted by atomic mass is 9.85. The number of fused-ring (bicyclic) bond motifs is 2. The molecule has 1 aromatic heterocycles. The van der Waals surface area contributed by atoms with Crippen LogP contribution in [0.3, 0.4) is 0 Å². The first kappa shape index (κ1) is 24.7. The fraction of sp³-hybridized carbons (Fsp3) is 0.577. The van der Waals surface area contributed by atoms with Gasteiger partial charge in [0.1, 0.15) is 6.04 Å². The van der Waals surface area contributed by atoms with Gasteiger partial charge in [-0.15, -0.1) is 11.3 Å². The molecule has 1 aliphatic carbocycles. The van der Waals surface area contributed by atoms with Crippen molar-refractivity contribution in [3.05, 3.63) is 35.2 Å². The summed E-state index contributed by atoms with van der Waals surface area (Å²) in [6.07, 6.45) is 2.78. The van der Waals surface area contributed by atoms with Crippen molar-refractivity contribution in [3.8, 4) is 0 Å². The van der Waals surface area contributed by atoms with Crippen LogP contribution in [-0.4, -0.2) is 60.4 Å². The van der Waals surface area contributed by atoms with Crippen LogP contribution >= 0.6 is 11.3 Å². The lowest BCUT2D eigenvalue weighted by molar-refractivity contribution is -0.141. The standard InChI is InChI=1S/C26H36N4O3S/c1-15(27-5)23(31)29-22(26(2,3)4)25(33)30-13-12-16-10-11-19(21(16)30)28-24(32)18-14-34-20-9-7-6-8-17(18)20/h6-9,14-16,19,21-22,27H,10-13H2,1-5H3,(H,28,32)(H,29,31)/t15-,16?,19?,21?,22+/m0/s1. The van der Waals surface area contributed by atoms with E-state index in [1.54, 1.807) is 25.3 Å². The summed E-state index contributed by atoms with van der Waals surface area (Å²) in [6.45, 7) is 8.36. The number of nitrogens with one attached hydrogen (secondary N) is 3. The summed E-state index contributed by atoms with van der Waals surface area (Å²) in [5, 5.41) is 12.1. The number of rotatable bonds is 6. The van der Waals surface area contributed by atoms with E-state index in [1.165, 1.54) is 0 Å². The largest absolute Gasteiger partial charge is 0.347 e. The van der Waals surface area contributed by atoms with E-state index >= 15 is 0 Å². The normalized spacial score (nSPS) is 24.0. The topological polar surface area (TPSA) is 90.5 Å². The Morgan fingerprint density at radius 3 is 2.56 bits per heavy atom. The van der Waals surface area contributed by atoms with E-state index in [2.05, 4.69) is 16.0 Å². The maximum atomic E-state index is 13.8. The Labute approximate surface area is 205 Å². The quantitative estimate of drug-likeness (QED) is 0.588. The van der Waals surface area contributed by atoms with E-state index in [4.69, 9.17) is 0 Å². The summed E-state index contributed by atoms with van der Waals surface area (Å²) >= 11 is 1.57. The van der Waals surface area contributed by atoms with Crippen molar-refractivity contribution in [1.29, 1.82) is 0 Å². The van der Waals surface area contributed by atoms with Gasteiger partial charge in [-0.05, 0) is 50.6 Å². The number of hydrogen-bond donors (Lipinski definition) is 3. The Kier molecular flexibility index (Phi) is 7.01. The minimum atomic E-state index is -0.632. The molecule has 3 N–H and O–H groups in total. The summed E-state index contributed by atoms with van der Waals surface area (Å²) in [6, 6.07) is 6.79. The molecule has 184 valence electrons. The second-order valence-electron chi connectivity index (χ2n) is 10.7. The number of nitrogens with zero attached hydrogens (tertiary/aromatic N) is 1. The van der Waals surface area contributed by atoms with E-state index < -0.39 is 11.5 Å². The molecule has 1 saturated carbocycles. The summed E-state index contributed by atoms with van der Waals surface area (Å²) in [5.74, 6) is 0.0536. The lowest BCUT2D eigenvalue weighted by Crippen LogP contribution is -2.60. The third-order valence-corrected chi connectivity index (χ3v) is 8.36. The first-order chi connectivity index (χ1) is 16.1. The molecule has 7 nitrogen and oxygen atoms in total. The molecule has 4 rings (SSSR count). The first-order valence-electron chi connectivity index (χ1n) is 12.2. The zero-order chi connectivity index (χ0) is 24.6. The number of amides is 3. The van der Waals surface area contributed by atoms with Crippen LogP contribution in [-0.2, 0) is 9.59 Å². The van der Waals surface area contributed by atoms with E-state index in [0.29, 0.717) is 18.0 Å². The van der Waals surface area contributed by atoms with Gasteiger partial charge in [0.05, 0.1) is 17.6 Å². The van der Waals surface area contributed by atoms with Gasteiger partial charge in [-0.25, -0.2) is 0 Å².